The smallest absolute Gasteiger partial charge is 0.229 e. The Kier molecular flexibility index (Phi) is 10.6. The van der Waals surface area contributed by atoms with Crippen molar-refractivity contribution >= 4 is 66.4 Å². The number of hydrogen-bond donors (Lipinski definition) is 0. The molecule has 0 bridgehead atoms. The summed E-state index contributed by atoms with van der Waals surface area (Å²) in [4.78, 5) is 21.9. The lowest BCUT2D eigenvalue weighted by atomic mass is 10.3. The zero-order chi connectivity index (χ0) is 24.0. The molecule has 1 heterocycles. The highest BCUT2D eigenvalue weighted by atomic mass is 35.5. The second-order valence-corrected chi connectivity index (χ2v) is 11.0. The Morgan fingerprint density at radius 1 is 1.09 bits per heavy atom. The molecule has 0 saturated heterocycles. The summed E-state index contributed by atoms with van der Waals surface area (Å²) >= 11 is 7.26. The Labute approximate surface area is 216 Å². The second-order valence-electron chi connectivity index (χ2n) is 7.40. The number of rotatable bonds is 11. The maximum atomic E-state index is 13.3. The van der Waals surface area contributed by atoms with Crippen molar-refractivity contribution in [1.82, 2.24) is 9.88 Å². The third-order valence-corrected chi connectivity index (χ3v) is 8.44. The Hall–Kier alpha value is -1.91. The van der Waals surface area contributed by atoms with Crippen molar-refractivity contribution < 1.29 is 17.9 Å². The molecule has 34 heavy (non-hydrogen) atoms. The topological polar surface area (TPSA) is 79.8 Å². The SMILES string of the molecule is CCN(CC)CCN(C(=O)CCS(=O)(=O)c1ccc(Cl)cc1)c1nc2c(OC)cccc2s1.Cl. The summed E-state index contributed by atoms with van der Waals surface area (Å²) in [6.07, 6.45) is -0.143. The molecule has 0 aliphatic carbocycles. The van der Waals surface area contributed by atoms with Crippen molar-refractivity contribution in [3.05, 3.63) is 47.5 Å². The zero-order valence-corrected chi connectivity index (χ0v) is 22.6. The Morgan fingerprint density at radius 2 is 1.76 bits per heavy atom. The van der Waals surface area contributed by atoms with Crippen molar-refractivity contribution in [3.8, 4) is 5.75 Å². The lowest BCUT2D eigenvalue weighted by Gasteiger charge is -2.24. The number of para-hydroxylation sites is 1. The third-order valence-electron chi connectivity index (χ3n) is 5.41. The monoisotopic (exact) mass is 545 g/mol. The number of hydrogen-bond acceptors (Lipinski definition) is 7. The fourth-order valence-electron chi connectivity index (χ4n) is 3.42. The molecule has 0 N–H and O–H groups in total. The first kappa shape index (κ1) is 28.3. The lowest BCUT2D eigenvalue weighted by molar-refractivity contribution is -0.118. The normalized spacial score (nSPS) is 11.4. The van der Waals surface area contributed by atoms with Gasteiger partial charge in [0.25, 0.3) is 0 Å². The number of nitrogens with zero attached hydrogens (tertiary/aromatic N) is 3. The Bertz CT molecular complexity index is 1200. The van der Waals surface area contributed by atoms with Gasteiger partial charge in [0.15, 0.2) is 15.0 Å². The molecule has 3 rings (SSSR count). The molecule has 3 aromatic rings. The number of aromatic nitrogens is 1. The van der Waals surface area contributed by atoms with Crippen LogP contribution in [0, 0.1) is 0 Å². The molecule has 0 radical (unpaired) electrons. The van der Waals surface area contributed by atoms with Gasteiger partial charge in [-0.3, -0.25) is 9.69 Å². The van der Waals surface area contributed by atoms with Crippen LogP contribution in [0.3, 0.4) is 0 Å². The van der Waals surface area contributed by atoms with E-state index >= 15 is 0 Å². The second kappa shape index (κ2) is 12.7. The van der Waals surface area contributed by atoms with E-state index in [-0.39, 0.29) is 35.4 Å². The van der Waals surface area contributed by atoms with Gasteiger partial charge in [-0.1, -0.05) is 42.9 Å². The number of carbonyl (C=O) groups excluding carboxylic acids is 1. The van der Waals surface area contributed by atoms with Crippen molar-refractivity contribution in [3.63, 3.8) is 0 Å². The first-order chi connectivity index (χ1) is 15.8. The molecule has 0 atom stereocenters. The van der Waals surface area contributed by atoms with Gasteiger partial charge >= 0.3 is 0 Å². The standard InChI is InChI=1S/C23H28ClN3O4S2.ClH/c1-4-26(5-2)14-15-27(23-25-22-19(31-3)7-6-8-20(22)32-23)21(28)13-16-33(29,30)18-11-9-17(24)10-12-18;/h6-12H,4-5,13-16H2,1-3H3;1H. The summed E-state index contributed by atoms with van der Waals surface area (Å²) in [5.41, 5.74) is 0.689. The van der Waals surface area contributed by atoms with E-state index in [1.165, 1.54) is 35.6 Å². The third kappa shape index (κ3) is 6.82. The molecule has 0 aliphatic rings. The summed E-state index contributed by atoms with van der Waals surface area (Å²) < 4.78 is 31.8. The summed E-state index contributed by atoms with van der Waals surface area (Å²) in [6, 6.07) is 11.6. The van der Waals surface area contributed by atoms with E-state index in [0.717, 1.165) is 17.8 Å². The molecular weight excluding hydrogens is 517 g/mol. The van der Waals surface area contributed by atoms with E-state index in [9.17, 15) is 13.2 Å². The predicted octanol–water partition coefficient (Wildman–Crippen LogP) is 4.92. The number of ether oxygens (including phenoxy) is 1. The highest BCUT2D eigenvalue weighted by Gasteiger charge is 2.24. The van der Waals surface area contributed by atoms with E-state index in [0.29, 0.717) is 34.5 Å². The molecule has 0 unspecified atom stereocenters. The van der Waals surface area contributed by atoms with Crippen molar-refractivity contribution in [2.45, 2.75) is 25.2 Å². The van der Waals surface area contributed by atoms with Crippen LogP contribution in [-0.4, -0.2) is 63.3 Å². The number of sulfone groups is 1. The van der Waals surface area contributed by atoms with Crippen LogP contribution in [0.5, 0.6) is 5.75 Å². The van der Waals surface area contributed by atoms with Crippen LogP contribution in [0.4, 0.5) is 5.13 Å². The van der Waals surface area contributed by atoms with Gasteiger partial charge in [-0.15, -0.1) is 12.4 Å². The van der Waals surface area contributed by atoms with E-state index < -0.39 is 9.84 Å². The molecule has 186 valence electrons. The zero-order valence-electron chi connectivity index (χ0n) is 19.4. The summed E-state index contributed by atoms with van der Waals surface area (Å²) in [5, 5.41) is 0.995. The number of carbonyl (C=O) groups is 1. The van der Waals surface area contributed by atoms with Gasteiger partial charge in [0, 0.05) is 24.5 Å². The largest absolute Gasteiger partial charge is 0.494 e. The first-order valence-corrected chi connectivity index (χ1v) is 13.6. The van der Waals surface area contributed by atoms with Crippen LogP contribution < -0.4 is 9.64 Å². The molecule has 2 aromatic carbocycles. The average Bonchev–Trinajstić information content (AvgIpc) is 3.24. The van der Waals surface area contributed by atoms with E-state index in [1.807, 2.05) is 18.2 Å². The Morgan fingerprint density at radius 3 is 2.38 bits per heavy atom. The van der Waals surface area contributed by atoms with E-state index in [4.69, 9.17) is 16.3 Å². The number of anilines is 1. The van der Waals surface area contributed by atoms with Crippen LogP contribution in [0.1, 0.15) is 20.3 Å². The molecule has 0 aliphatic heterocycles. The fraction of sp³-hybridized carbons (Fsp3) is 0.391. The van der Waals surface area contributed by atoms with E-state index in [2.05, 4.69) is 23.7 Å². The molecular formula is C23H29Cl2N3O4S2. The van der Waals surface area contributed by atoms with Crippen LogP contribution in [0.2, 0.25) is 5.02 Å². The summed E-state index contributed by atoms with van der Waals surface area (Å²) in [6.45, 7) is 6.93. The molecule has 1 amide bonds. The van der Waals surface area contributed by atoms with Gasteiger partial charge in [-0.2, -0.15) is 0 Å². The lowest BCUT2D eigenvalue weighted by Crippen LogP contribution is -2.39. The predicted molar refractivity (Wildman–Crippen MR) is 142 cm³/mol. The highest BCUT2D eigenvalue weighted by molar-refractivity contribution is 7.91. The van der Waals surface area contributed by atoms with Crippen LogP contribution >= 0.6 is 35.3 Å². The minimum Gasteiger partial charge on any atom is -0.494 e. The summed E-state index contributed by atoms with van der Waals surface area (Å²) in [7, 11) is -2.04. The number of benzene rings is 2. The van der Waals surface area contributed by atoms with Crippen molar-refractivity contribution in [2.75, 3.05) is 43.9 Å². The molecule has 11 heteroatoms. The maximum absolute atomic E-state index is 13.3. The molecule has 1 aromatic heterocycles. The number of fused-ring (bicyclic) bond motifs is 1. The van der Waals surface area contributed by atoms with Gasteiger partial charge < -0.3 is 9.64 Å². The number of amides is 1. The molecule has 0 spiro atoms. The molecule has 0 saturated carbocycles. The van der Waals surface area contributed by atoms with Crippen LogP contribution in [0.15, 0.2) is 47.4 Å². The van der Waals surface area contributed by atoms with Crippen LogP contribution in [0.25, 0.3) is 10.2 Å². The van der Waals surface area contributed by atoms with Crippen molar-refractivity contribution in [2.24, 2.45) is 0 Å². The van der Waals surface area contributed by atoms with E-state index in [1.54, 1.807) is 12.0 Å². The minimum absolute atomic E-state index is 0. The van der Waals surface area contributed by atoms with Gasteiger partial charge in [-0.05, 0) is 49.5 Å². The number of halogens is 2. The number of methoxy groups -OCH3 is 1. The summed E-state index contributed by atoms with van der Waals surface area (Å²) in [5.74, 6) is 0.0675. The van der Waals surface area contributed by atoms with Gasteiger partial charge in [0.2, 0.25) is 5.91 Å². The Balaban J connectivity index is 0.00000408. The van der Waals surface area contributed by atoms with Crippen molar-refractivity contribution in [1.29, 1.82) is 0 Å². The minimum atomic E-state index is -3.62. The maximum Gasteiger partial charge on any atom is 0.229 e. The molecule has 7 nitrogen and oxygen atoms in total. The fourth-order valence-corrected chi connectivity index (χ4v) is 5.80. The first-order valence-electron chi connectivity index (χ1n) is 10.7. The van der Waals surface area contributed by atoms with Gasteiger partial charge in [-0.25, -0.2) is 13.4 Å². The number of likely N-dealkylation sites (N-methyl/N-ethyl adjacent to an activating group) is 1. The quantitative estimate of drug-likeness (QED) is 0.340. The van der Waals surface area contributed by atoms with Crippen LogP contribution in [-0.2, 0) is 14.6 Å². The highest BCUT2D eigenvalue weighted by Crippen LogP contribution is 2.34. The average molecular weight is 547 g/mol. The molecule has 0 fully saturated rings. The van der Waals surface area contributed by atoms with Gasteiger partial charge in [0.05, 0.1) is 22.5 Å². The van der Waals surface area contributed by atoms with Gasteiger partial charge in [0.1, 0.15) is 11.3 Å². The number of thiazole rings is 1.